The molecule has 0 heterocycles. The number of hydrogen-bond acceptors (Lipinski definition) is 2. The maximum atomic E-state index is 14.7. The summed E-state index contributed by atoms with van der Waals surface area (Å²) in [7, 11) is 0. The topological polar surface area (TPSA) is 6.48 Å². The number of anilines is 6. The molecule has 0 saturated heterocycles. The Labute approximate surface area is 256 Å². The standard InChI is InChI=1S/C39H31F3N2/c1-28-11-9-17-34(25-28)43(31-13-5-3-6-14-31)33-21-19-30(20-22-33)37-24-23-36(27-38(37)39(40,41)42)44(32-15-7-4-8-16-32)35-18-10-12-29(2)26-35/h3-27H,1-2H3. The highest BCUT2D eigenvalue weighted by Crippen LogP contribution is 2.43. The molecule has 0 atom stereocenters. The van der Waals surface area contributed by atoms with Gasteiger partial charge in [0.25, 0.3) is 0 Å². The summed E-state index contributed by atoms with van der Waals surface area (Å²) in [6.45, 7) is 4.01. The van der Waals surface area contributed by atoms with Crippen LogP contribution in [0.5, 0.6) is 0 Å². The van der Waals surface area contributed by atoms with E-state index in [1.54, 1.807) is 24.3 Å². The van der Waals surface area contributed by atoms with Crippen LogP contribution in [0.1, 0.15) is 16.7 Å². The molecule has 0 saturated carbocycles. The normalized spacial score (nSPS) is 11.3. The van der Waals surface area contributed by atoms with Crippen molar-refractivity contribution in [1.82, 2.24) is 0 Å². The summed E-state index contributed by atoms with van der Waals surface area (Å²) in [4.78, 5) is 3.96. The average Bonchev–Trinajstić information content (AvgIpc) is 3.03. The number of rotatable bonds is 7. The first kappa shape index (κ1) is 28.8. The molecule has 6 rings (SSSR count). The molecule has 0 aliphatic rings. The molecule has 0 amide bonds. The van der Waals surface area contributed by atoms with Crippen LogP contribution >= 0.6 is 0 Å². The Balaban J connectivity index is 1.43. The molecule has 0 aliphatic carbocycles. The van der Waals surface area contributed by atoms with Gasteiger partial charge in [0.05, 0.1) is 5.56 Å². The van der Waals surface area contributed by atoms with Crippen LogP contribution in [0.3, 0.4) is 0 Å². The summed E-state index contributed by atoms with van der Waals surface area (Å²) in [5.41, 5.74) is 6.86. The summed E-state index contributed by atoms with van der Waals surface area (Å²) in [5, 5.41) is 0. The zero-order valence-corrected chi connectivity index (χ0v) is 24.5. The lowest BCUT2D eigenvalue weighted by molar-refractivity contribution is -0.137. The van der Waals surface area contributed by atoms with Crippen molar-refractivity contribution in [2.24, 2.45) is 0 Å². The zero-order chi connectivity index (χ0) is 30.7. The van der Waals surface area contributed by atoms with E-state index >= 15 is 0 Å². The van der Waals surface area contributed by atoms with Gasteiger partial charge >= 0.3 is 6.18 Å². The van der Waals surface area contributed by atoms with Crippen LogP contribution in [0.4, 0.5) is 47.3 Å². The second kappa shape index (κ2) is 12.1. The highest BCUT2D eigenvalue weighted by molar-refractivity contribution is 5.82. The van der Waals surface area contributed by atoms with Crippen molar-refractivity contribution in [1.29, 1.82) is 0 Å². The van der Waals surface area contributed by atoms with Crippen LogP contribution in [0.15, 0.2) is 152 Å². The predicted molar refractivity (Wildman–Crippen MR) is 176 cm³/mol. The van der Waals surface area contributed by atoms with Crippen LogP contribution in [0.25, 0.3) is 11.1 Å². The van der Waals surface area contributed by atoms with Crippen LogP contribution in [-0.2, 0) is 6.18 Å². The Morgan fingerprint density at radius 1 is 0.409 bits per heavy atom. The largest absolute Gasteiger partial charge is 0.417 e. The van der Waals surface area contributed by atoms with Gasteiger partial charge in [-0.05, 0) is 109 Å². The second-order valence-electron chi connectivity index (χ2n) is 10.8. The maximum absolute atomic E-state index is 14.7. The fraction of sp³-hybridized carbons (Fsp3) is 0.0769. The minimum absolute atomic E-state index is 0.131. The van der Waals surface area contributed by atoms with Gasteiger partial charge in [0, 0.05) is 34.1 Å². The predicted octanol–water partition coefficient (Wildman–Crippen LogP) is 11.9. The highest BCUT2D eigenvalue weighted by Gasteiger charge is 2.34. The van der Waals surface area contributed by atoms with E-state index in [1.165, 1.54) is 6.07 Å². The summed E-state index contributed by atoms with van der Waals surface area (Å²) in [6.07, 6.45) is -4.56. The highest BCUT2D eigenvalue weighted by atomic mass is 19.4. The van der Waals surface area contributed by atoms with Crippen molar-refractivity contribution in [3.63, 3.8) is 0 Å². The van der Waals surface area contributed by atoms with E-state index in [-0.39, 0.29) is 5.56 Å². The van der Waals surface area contributed by atoms with E-state index in [2.05, 4.69) is 11.0 Å². The van der Waals surface area contributed by atoms with Crippen molar-refractivity contribution in [3.05, 3.63) is 168 Å². The summed E-state index contributed by atoms with van der Waals surface area (Å²) in [5.74, 6) is 0. The molecule has 0 aromatic heterocycles. The van der Waals surface area contributed by atoms with Gasteiger partial charge < -0.3 is 9.80 Å². The van der Waals surface area contributed by atoms with Crippen LogP contribution < -0.4 is 9.80 Å². The van der Waals surface area contributed by atoms with Crippen molar-refractivity contribution in [3.8, 4) is 11.1 Å². The Morgan fingerprint density at radius 2 is 0.818 bits per heavy atom. The Morgan fingerprint density at radius 3 is 1.30 bits per heavy atom. The lowest BCUT2D eigenvalue weighted by atomic mass is 9.97. The van der Waals surface area contributed by atoms with Gasteiger partial charge in [-0.3, -0.25) is 0 Å². The van der Waals surface area contributed by atoms with Crippen LogP contribution in [0, 0.1) is 13.8 Å². The molecule has 6 aromatic carbocycles. The average molecular weight is 585 g/mol. The molecule has 0 fully saturated rings. The molecule has 0 radical (unpaired) electrons. The fourth-order valence-corrected chi connectivity index (χ4v) is 5.53. The molecular formula is C39H31F3N2. The van der Waals surface area contributed by atoms with E-state index < -0.39 is 11.7 Å². The summed E-state index contributed by atoms with van der Waals surface area (Å²) >= 11 is 0. The number of halogens is 3. The number of hydrogen-bond donors (Lipinski definition) is 0. The molecule has 2 nitrogen and oxygen atoms in total. The monoisotopic (exact) mass is 584 g/mol. The fourth-order valence-electron chi connectivity index (χ4n) is 5.53. The Hall–Kier alpha value is -5.29. The summed E-state index contributed by atoms with van der Waals surface area (Å²) < 4.78 is 44.1. The first-order valence-corrected chi connectivity index (χ1v) is 14.4. The van der Waals surface area contributed by atoms with E-state index in [4.69, 9.17) is 0 Å². The van der Waals surface area contributed by atoms with E-state index in [0.29, 0.717) is 11.3 Å². The number of aryl methyl sites for hydroxylation is 2. The van der Waals surface area contributed by atoms with Crippen LogP contribution in [0.2, 0.25) is 0 Å². The first-order chi connectivity index (χ1) is 21.3. The molecule has 0 N–H and O–H groups in total. The smallest absolute Gasteiger partial charge is 0.310 e. The van der Waals surface area contributed by atoms with Crippen molar-refractivity contribution in [2.75, 3.05) is 9.80 Å². The van der Waals surface area contributed by atoms with E-state index in [9.17, 15) is 13.2 Å². The van der Waals surface area contributed by atoms with Gasteiger partial charge in [0.1, 0.15) is 0 Å². The number of nitrogens with zero attached hydrogens (tertiary/aromatic N) is 2. The zero-order valence-electron chi connectivity index (χ0n) is 24.5. The molecule has 218 valence electrons. The van der Waals surface area contributed by atoms with Crippen molar-refractivity contribution < 1.29 is 13.2 Å². The van der Waals surface area contributed by atoms with Gasteiger partial charge in [-0.2, -0.15) is 13.2 Å². The number of para-hydroxylation sites is 2. The minimum Gasteiger partial charge on any atom is -0.310 e. The Bertz CT molecular complexity index is 1860. The van der Waals surface area contributed by atoms with Gasteiger partial charge in [-0.15, -0.1) is 0 Å². The number of benzene rings is 6. The summed E-state index contributed by atoms with van der Waals surface area (Å²) in [6, 6.07) is 47.2. The van der Waals surface area contributed by atoms with Gasteiger partial charge in [-0.1, -0.05) is 78.9 Å². The first-order valence-electron chi connectivity index (χ1n) is 14.4. The number of alkyl halides is 3. The molecule has 0 aliphatic heterocycles. The maximum Gasteiger partial charge on any atom is 0.417 e. The van der Waals surface area contributed by atoms with Crippen LogP contribution in [-0.4, -0.2) is 0 Å². The van der Waals surface area contributed by atoms with E-state index in [0.717, 1.165) is 39.6 Å². The lowest BCUT2D eigenvalue weighted by Gasteiger charge is -2.27. The van der Waals surface area contributed by atoms with Gasteiger partial charge in [-0.25, -0.2) is 0 Å². The van der Waals surface area contributed by atoms with Crippen molar-refractivity contribution in [2.45, 2.75) is 20.0 Å². The molecule has 5 heteroatoms. The third-order valence-corrected chi connectivity index (χ3v) is 7.55. The molecule has 44 heavy (non-hydrogen) atoms. The molecular weight excluding hydrogens is 553 g/mol. The second-order valence-corrected chi connectivity index (χ2v) is 10.8. The SMILES string of the molecule is Cc1cccc(N(c2ccccc2)c2ccc(-c3ccc(N(c4ccccc4)c4cccc(C)c4)cc3C(F)(F)F)cc2)c1. The minimum atomic E-state index is -4.56. The third-order valence-electron chi connectivity index (χ3n) is 7.55. The quantitative estimate of drug-likeness (QED) is 0.184. The molecule has 0 spiro atoms. The molecule has 0 bridgehead atoms. The lowest BCUT2D eigenvalue weighted by Crippen LogP contribution is -2.13. The van der Waals surface area contributed by atoms with Gasteiger partial charge in [0.2, 0.25) is 0 Å². The van der Waals surface area contributed by atoms with Crippen molar-refractivity contribution >= 4 is 34.1 Å². The third kappa shape index (κ3) is 6.09. The molecule has 6 aromatic rings. The Kier molecular flexibility index (Phi) is 7.95. The van der Waals surface area contributed by atoms with E-state index in [1.807, 2.05) is 134 Å². The van der Waals surface area contributed by atoms with Gasteiger partial charge in [0.15, 0.2) is 0 Å². The molecule has 0 unspecified atom stereocenters.